The Bertz CT molecular complexity index is 940. The number of Topliss-reactive ketones (excluding diaryl/α,β-unsaturated/α-hetero) is 1. The van der Waals surface area contributed by atoms with Crippen LogP contribution in [0.25, 0.3) is 11.3 Å². The topological polar surface area (TPSA) is 42.3 Å². The Balaban J connectivity index is 2.01. The van der Waals surface area contributed by atoms with E-state index in [0.29, 0.717) is 17.7 Å². The third-order valence-electron chi connectivity index (χ3n) is 4.44. The fraction of sp³-hybridized carbons (Fsp3) is 0.227. The van der Waals surface area contributed by atoms with Crippen molar-refractivity contribution in [1.29, 1.82) is 0 Å². The molecule has 0 aliphatic carbocycles. The molecule has 0 saturated heterocycles. The van der Waals surface area contributed by atoms with Gasteiger partial charge in [-0.15, -0.1) is 0 Å². The molecule has 1 aliphatic rings. The van der Waals surface area contributed by atoms with Crippen LogP contribution in [0.1, 0.15) is 42.9 Å². The van der Waals surface area contributed by atoms with Gasteiger partial charge in [-0.05, 0) is 60.7 Å². The lowest BCUT2D eigenvalue weighted by molar-refractivity contribution is -0.137. The van der Waals surface area contributed by atoms with Crippen molar-refractivity contribution in [2.24, 2.45) is 4.99 Å². The van der Waals surface area contributed by atoms with Gasteiger partial charge in [-0.1, -0.05) is 18.2 Å². The maximum absolute atomic E-state index is 12.8. The summed E-state index contributed by atoms with van der Waals surface area (Å²) in [6, 6.07) is 8.69. The molecule has 28 heavy (non-hydrogen) atoms. The molecule has 2 aromatic rings. The van der Waals surface area contributed by atoms with Crippen LogP contribution >= 0.6 is 0 Å². The second-order valence-electron chi connectivity index (χ2n) is 6.52. The van der Waals surface area contributed by atoms with Gasteiger partial charge in [0.2, 0.25) is 0 Å². The van der Waals surface area contributed by atoms with E-state index in [1.807, 2.05) is 12.1 Å². The summed E-state index contributed by atoms with van der Waals surface area (Å²) < 4.78 is 38.4. The lowest BCUT2D eigenvalue weighted by Gasteiger charge is -2.10. The number of ketones is 1. The number of nitrogens with zero attached hydrogens (tertiary/aromatic N) is 2. The number of aromatic nitrogens is 1. The van der Waals surface area contributed by atoms with Crippen molar-refractivity contribution >= 4 is 22.8 Å². The van der Waals surface area contributed by atoms with Crippen LogP contribution in [0.4, 0.5) is 13.2 Å². The molecule has 0 fully saturated rings. The highest BCUT2D eigenvalue weighted by Gasteiger charge is 2.30. The summed E-state index contributed by atoms with van der Waals surface area (Å²) in [7, 11) is 0. The second-order valence-corrected chi connectivity index (χ2v) is 6.52. The molecule has 0 unspecified atom stereocenters. The van der Waals surface area contributed by atoms with Crippen molar-refractivity contribution in [2.45, 2.75) is 32.4 Å². The molecule has 0 saturated carbocycles. The van der Waals surface area contributed by atoms with Crippen molar-refractivity contribution in [1.82, 2.24) is 4.98 Å². The summed E-state index contributed by atoms with van der Waals surface area (Å²) in [5, 5.41) is 0. The average molecular weight is 384 g/mol. The minimum absolute atomic E-state index is 0.207. The maximum atomic E-state index is 12.8. The van der Waals surface area contributed by atoms with Crippen LogP contribution in [0, 0.1) is 0 Å². The first kappa shape index (κ1) is 19.7. The van der Waals surface area contributed by atoms with Crippen LogP contribution in [0.2, 0.25) is 0 Å². The van der Waals surface area contributed by atoms with Gasteiger partial charge in [0, 0.05) is 24.9 Å². The third kappa shape index (κ3) is 4.82. The highest BCUT2D eigenvalue weighted by molar-refractivity contribution is 6.45. The molecule has 1 aromatic carbocycles. The Morgan fingerprint density at radius 1 is 1.07 bits per heavy atom. The fourth-order valence-electron chi connectivity index (χ4n) is 2.95. The van der Waals surface area contributed by atoms with Gasteiger partial charge in [-0.2, -0.15) is 13.2 Å². The van der Waals surface area contributed by atoms with E-state index in [9.17, 15) is 18.0 Å². The number of hydrogen-bond donors (Lipinski definition) is 0. The number of halogens is 3. The normalized spacial score (nSPS) is 21.1. The number of carbonyl (C=O) groups is 1. The van der Waals surface area contributed by atoms with Gasteiger partial charge in [0.15, 0.2) is 5.78 Å². The van der Waals surface area contributed by atoms with E-state index in [-0.39, 0.29) is 11.5 Å². The van der Waals surface area contributed by atoms with Crippen molar-refractivity contribution in [3.63, 3.8) is 0 Å². The number of pyridine rings is 1. The number of rotatable bonds is 3. The molecule has 144 valence electrons. The summed E-state index contributed by atoms with van der Waals surface area (Å²) in [4.78, 5) is 20.8. The summed E-state index contributed by atoms with van der Waals surface area (Å²) >= 11 is 0. The van der Waals surface area contributed by atoms with Crippen LogP contribution in [0.15, 0.2) is 65.9 Å². The molecule has 0 N–H and O–H groups in total. The number of hydrogen-bond acceptors (Lipinski definition) is 3. The minimum Gasteiger partial charge on any atom is -0.293 e. The Morgan fingerprint density at radius 3 is 2.43 bits per heavy atom. The molecule has 0 radical (unpaired) electrons. The van der Waals surface area contributed by atoms with Gasteiger partial charge in [0.1, 0.15) is 5.71 Å². The molecule has 0 amide bonds. The quantitative estimate of drug-likeness (QED) is 0.677. The van der Waals surface area contributed by atoms with Gasteiger partial charge in [0.25, 0.3) is 0 Å². The Labute approximate surface area is 161 Å². The van der Waals surface area contributed by atoms with Crippen LogP contribution in [0.3, 0.4) is 0 Å². The highest BCUT2D eigenvalue weighted by Crippen LogP contribution is 2.31. The molecule has 3 nitrogen and oxygen atoms in total. The van der Waals surface area contributed by atoms with E-state index >= 15 is 0 Å². The van der Waals surface area contributed by atoms with Crippen LogP contribution < -0.4 is 0 Å². The summed E-state index contributed by atoms with van der Waals surface area (Å²) in [5.41, 5.74) is 2.51. The summed E-state index contributed by atoms with van der Waals surface area (Å²) in [5.74, 6) is -0.207. The largest absolute Gasteiger partial charge is 0.416 e. The molecular formula is C22H19F3N2O. The highest BCUT2D eigenvalue weighted by atomic mass is 19.4. The molecule has 0 bridgehead atoms. The Morgan fingerprint density at radius 2 is 1.82 bits per heavy atom. The van der Waals surface area contributed by atoms with Crippen molar-refractivity contribution in [3.8, 4) is 0 Å². The predicted octanol–water partition coefficient (Wildman–Crippen LogP) is 5.74. The van der Waals surface area contributed by atoms with E-state index in [1.54, 1.807) is 24.5 Å². The molecule has 0 spiro atoms. The maximum Gasteiger partial charge on any atom is 0.416 e. The van der Waals surface area contributed by atoms with E-state index in [0.717, 1.165) is 36.1 Å². The van der Waals surface area contributed by atoms with Crippen molar-refractivity contribution < 1.29 is 18.0 Å². The molecule has 1 aliphatic heterocycles. The van der Waals surface area contributed by atoms with Crippen LogP contribution in [-0.4, -0.2) is 16.5 Å². The monoisotopic (exact) mass is 384 g/mol. The van der Waals surface area contributed by atoms with Gasteiger partial charge in [-0.3, -0.25) is 9.78 Å². The first-order chi connectivity index (χ1) is 13.3. The Hall–Kier alpha value is -3.02. The number of allylic oxidation sites excluding steroid dienone is 3. The second kappa shape index (κ2) is 8.33. The SMILES string of the molecule is CC(=O)C1=N/C(c2cccnc2)=C\CCC/C(c2ccc(C(F)(F)F)cc2)=C\1. The lowest BCUT2D eigenvalue weighted by Crippen LogP contribution is -2.08. The van der Waals surface area contributed by atoms with E-state index in [2.05, 4.69) is 9.98 Å². The van der Waals surface area contributed by atoms with Crippen molar-refractivity contribution in [2.75, 3.05) is 0 Å². The minimum atomic E-state index is -4.38. The van der Waals surface area contributed by atoms with Gasteiger partial charge >= 0.3 is 6.18 Å². The summed E-state index contributed by atoms with van der Waals surface area (Å²) in [6.07, 6.45) is 4.77. The standard InChI is InChI=1S/C22H19F3N2O/c1-15(28)21-13-17(16-8-10-19(11-9-16)22(23,24)25)5-2-3-7-20(27-21)18-6-4-12-26-14-18/h4,6-14H,2-3,5H2,1H3/b17-13+,20-7-,27-21+. The molecule has 2 heterocycles. The molecular weight excluding hydrogens is 365 g/mol. The van der Waals surface area contributed by atoms with Gasteiger partial charge in [0.05, 0.1) is 11.3 Å². The molecule has 3 rings (SSSR count). The van der Waals surface area contributed by atoms with E-state index < -0.39 is 11.7 Å². The third-order valence-corrected chi connectivity index (χ3v) is 4.44. The zero-order valence-corrected chi connectivity index (χ0v) is 15.3. The van der Waals surface area contributed by atoms with Gasteiger partial charge in [-0.25, -0.2) is 4.99 Å². The zero-order valence-electron chi connectivity index (χ0n) is 15.3. The fourth-order valence-corrected chi connectivity index (χ4v) is 2.95. The number of aliphatic imine (C=N–C) groups is 1. The zero-order chi connectivity index (χ0) is 20.1. The smallest absolute Gasteiger partial charge is 0.293 e. The molecule has 1 aromatic heterocycles. The van der Waals surface area contributed by atoms with Gasteiger partial charge < -0.3 is 0 Å². The molecule has 0 atom stereocenters. The van der Waals surface area contributed by atoms with Crippen molar-refractivity contribution in [3.05, 3.63) is 77.6 Å². The molecule has 6 heteroatoms. The van der Waals surface area contributed by atoms with Crippen LogP contribution in [-0.2, 0) is 11.0 Å². The number of benzene rings is 1. The number of carbonyl (C=O) groups excluding carboxylic acids is 1. The first-order valence-corrected chi connectivity index (χ1v) is 8.93. The predicted molar refractivity (Wildman–Crippen MR) is 104 cm³/mol. The average Bonchev–Trinajstić information content (AvgIpc) is 2.78. The van der Waals surface area contributed by atoms with E-state index in [4.69, 9.17) is 0 Å². The van der Waals surface area contributed by atoms with E-state index in [1.165, 1.54) is 19.1 Å². The number of alkyl halides is 3. The summed E-state index contributed by atoms with van der Waals surface area (Å²) in [6.45, 7) is 1.43. The van der Waals surface area contributed by atoms with Crippen LogP contribution in [0.5, 0.6) is 0 Å². The first-order valence-electron chi connectivity index (χ1n) is 8.93. The Kier molecular flexibility index (Phi) is 5.87. The lowest BCUT2D eigenvalue weighted by atomic mass is 9.97.